The van der Waals surface area contributed by atoms with Crippen molar-refractivity contribution in [2.75, 3.05) is 43.5 Å². The average molecular weight is 807 g/mol. The average Bonchev–Trinajstić information content (AvgIpc) is 3.99. The first-order valence-electron chi connectivity index (χ1n) is 19.8. The molecule has 2 aromatic heterocycles. The number of aryl methyl sites for hydroxylation is 1. The number of rotatable bonds is 18. The number of amides is 2. The predicted octanol–water partition coefficient (Wildman–Crippen LogP) is 5.81. The summed E-state index contributed by atoms with van der Waals surface area (Å²) in [6, 6.07) is 11.8. The first kappa shape index (κ1) is 43.4. The van der Waals surface area contributed by atoms with Crippen LogP contribution in [0.15, 0.2) is 46.5 Å². The first-order valence-corrected chi connectivity index (χ1v) is 20.6. The summed E-state index contributed by atoms with van der Waals surface area (Å²) in [5.74, 6) is -0.415. The number of esters is 2. The molecule has 15 nitrogen and oxygen atoms in total. The van der Waals surface area contributed by atoms with Gasteiger partial charge in [-0.2, -0.15) is 5.10 Å². The summed E-state index contributed by atoms with van der Waals surface area (Å²) >= 11 is 1.43. The first-order chi connectivity index (χ1) is 27.1. The molecule has 1 saturated heterocycles. The molecule has 0 bridgehead atoms. The maximum absolute atomic E-state index is 14.0. The summed E-state index contributed by atoms with van der Waals surface area (Å²) in [5.41, 5.74) is -0.288. The minimum absolute atomic E-state index is 0.108. The Labute approximate surface area is 339 Å². The van der Waals surface area contributed by atoms with Crippen LogP contribution in [-0.2, 0) is 39.9 Å². The van der Waals surface area contributed by atoms with E-state index in [4.69, 9.17) is 24.2 Å². The van der Waals surface area contributed by atoms with Gasteiger partial charge in [-0.1, -0.05) is 26.0 Å². The van der Waals surface area contributed by atoms with Crippen LogP contribution in [0, 0.1) is 24.7 Å². The van der Waals surface area contributed by atoms with Crippen molar-refractivity contribution in [2.45, 2.75) is 115 Å². The lowest BCUT2D eigenvalue weighted by Crippen LogP contribution is -2.55. The monoisotopic (exact) mass is 806 g/mol. The summed E-state index contributed by atoms with van der Waals surface area (Å²) in [4.78, 5) is 66.9. The topological polar surface area (TPSA) is 181 Å². The summed E-state index contributed by atoms with van der Waals surface area (Å²) in [7, 11) is 1.42. The van der Waals surface area contributed by atoms with Crippen molar-refractivity contribution >= 4 is 53.0 Å². The van der Waals surface area contributed by atoms with Crippen LogP contribution in [0.1, 0.15) is 85.4 Å². The van der Waals surface area contributed by atoms with E-state index in [1.165, 1.54) is 18.9 Å². The van der Waals surface area contributed by atoms with Crippen LogP contribution in [0.5, 0.6) is 0 Å². The molecule has 310 valence electrons. The van der Waals surface area contributed by atoms with Gasteiger partial charge in [-0.25, -0.2) is 14.8 Å². The van der Waals surface area contributed by atoms with Gasteiger partial charge in [0.05, 0.1) is 11.8 Å². The third-order valence-corrected chi connectivity index (χ3v) is 12.3. The molecule has 5 atom stereocenters. The molecular weight excluding hydrogens is 749 g/mol. The predicted molar refractivity (Wildman–Crippen MR) is 217 cm³/mol. The van der Waals surface area contributed by atoms with E-state index in [9.17, 15) is 19.2 Å². The maximum Gasteiger partial charge on any atom is 0.335 e. The van der Waals surface area contributed by atoms with Crippen molar-refractivity contribution in [3.05, 3.63) is 47.7 Å². The van der Waals surface area contributed by atoms with Gasteiger partial charge in [0.1, 0.15) is 22.8 Å². The SMILES string of the molecule is CCC(C)(OC(=O)C(C)OC)C(C)C(=O)OC(C)(CC)C(C)C(=O)N1CCN(c2cc(Nc3cc(C)[nH]n3)nc(Sc3ccc(CNC(=O)C4CC4)cc3)n2)CC1. The second kappa shape index (κ2) is 18.7. The van der Waals surface area contributed by atoms with Gasteiger partial charge in [0.2, 0.25) is 11.8 Å². The molecule has 3 heterocycles. The number of aromatic amines is 1. The van der Waals surface area contributed by atoms with E-state index in [1.54, 1.807) is 34.6 Å². The molecule has 1 aliphatic heterocycles. The van der Waals surface area contributed by atoms with Gasteiger partial charge in [0, 0.05) is 68.5 Å². The fraction of sp³-hybridized carbons (Fsp3) is 0.585. The van der Waals surface area contributed by atoms with Crippen LogP contribution in [0.4, 0.5) is 17.5 Å². The minimum atomic E-state index is -1.12. The van der Waals surface area contributed by atoms with E-state index in [1.807, 2.05) is 62.1 Å². The quantitative estimate of drug-likeness (QED) is 0.104. The summed E-state index contributed by atoms with van der Waals surface area (Å²) < 4.78 is 17.0. The van der Waals surface area contributed by atoms with Gasteiger partial charge in [-0.05, 0) is 96.7 Å². The molecule has 1 aromatic carbocycles. The molecule has 16 heteroatoms. The van der Waals surface area contributed by atoms with Crippen LogP contribution in [0.2, 0.25) is 0 Å². The number of methoxy groups -OCH3 is 1. The van der Waals surface area contributed by atoms with Crippen molar-refractivity contribution in [3.8, 4) is 0 Å². The highest BCUT2D eigenvalue weighted by Gasteiger charge is 2.45. The van der Waals surface area contributed by atoms with Crippen molar-refractivity contribution in [1.29, 1.82) is 0 Å². The Morgan fingerprint density at radius 1 is 0.895 bits per heavy atom. The highest BCUT2D eigenvalue weighted by atomic mass is 32.2. The summed E-state index contributed by atoms with van der Waals surface area (Å²) in [6.45, 7) is 16.7. The Balaban J connectivity index is 1.24. The van der Waals surface area contributed by atoms with E-state index in [-0.39, 0.29) is 17.7 Å². The Hall–Kier alpha value is -4.70. The maximum atomic E-state index is 14.0. The standard InChI is InChI=1S/C41H58N8O7S/c1-10-40(7,55-37(52)27(5)41(8,11-2)56-38(53)28(6)54-9)26(4)36(51)49-20-18-48(19-21-49)34-23-32(43-33-22-25(3)46-47-33)44-39(45-34)57-31-16-12-29(13-17-31)24-42-35(50)30-14-15-30/h12-13,16-17,22-23,26-28,30H,10-11,14-15,18-21,24H2,1-9H3,(H,42,50)(H2,43,44,45,46,47). The molecular formula is C41H58N8O7S. The van der Waals surface area contributed by atoms with Crippen molar-refractivity contribution in [2.24, 2.45) is 17.8 Å². The smallest absolute Gasteiger partial charge is 0.335 e. The van der Waals surface area contributed by atoms with Crippen LogP contribution >= 0.6 is 11.8 Å². The van der Waals surface area contributed by atoms with Crippen LogP contribution in [-0.4, -0.2) is 99.4 Å². The third-order valence-electron chi connectivity index (χ3n) is 11.4. The second-order valence-electron chi connectivity index (χ2n) is 15.5. The molecule has 57 heavy (non-hydrogen) atoms. The molecule has 0 spiro atoms. The van der Waals surface area contributed by atoms with Gasteiger partial charge < -0.3 is 34.6 Å². The van der Waals surface area contributed by atoms with Gasteiger partial charge in [-0.15, -0.1) is 0 Å². The Bertz CT molecular complexity index is 1880. The van der Waals surface area contributed by atoms with E-state index in [0.29, 0.717) is 68.2 Å². The summed E-state index contributed by atoms with van der Waals surface area (Å²) in [5, 5.41) is 14.1. The molecule has 5 rings (SSSR count). The summed E-state index contributed by atoms with van der Waals surface area (Å²) in [6.07, 6.45) is 1.96. The number of anilines is 3. The minimum Gasteiger partial charge on any atom is -0.458 e. The Kier molecular flexibility index (Phi) is 14.2. The third kappa shape index (κ3) is 11.0. The highest BCUT2D eigenvalue weighted by molar-refractivity contribution is 7.99. The number of H-pyrrole nitrogens is 1. The van der Waals surface area contributed by atoms with Gasteiger partial charge in [0.15, 0.2) is 17.1 Å². The highest BCUT2D eigenvalue weighted by Crippen LogP contribution is 2.35. The lowest BCUT2D eigenvalue weighted by atomic mass is 9.84. The molecule has 3 aromatic rings. The Morgan fingerprint density at radius 3 is 2.11 bits per heavy atom. The largest absolute Gasteiger partial charge is 0.458 e. The number of ether oxygens (including phenoxy) is 3. The van der Waals surface area contributed by atoms with Crippen molar-refractivity contribution in [1.82, 2.24) is 30.4 Å². The second-order valence-corrected chi connectivity index (χ2v) is 16.5. The number of carbonyl (C=O) groups is 4. The fourth-order valence-electron chi connectivity index (χ4n) is 6.36. The number of piperazine rings is 1. The van der Waals surface area contributed by atoms with E-state index >= 15 is 0 Å². The van der Waals surface area contributed by atoms with Crippen molar-refractivity contribution < 1.29 is 33.4 Å². The number of benzene rings is 1. The van der Waals surface area contributed by atoms with Gasteiger partial charge >= 0.3 is 11.9 Å². The lowest BCUT2D eigenvalue weighted by Gasteiger charge is -2.41. The normalized spacial score (nSPS) is 18.1. The van der Waals surface area contributed by atoms with Crippen LogP contribution in [0.3, 0.4) is 0 Å². The van der Waals surface area contributed by atoms with Gasteiger partial charge in [-0.3, -0.25) is 19.5 Å². The number of nitrogens with one attached hydrogen (secondary N) is 3. The number of carbonyl (C=O) groups excluding carboxylic acids is 4. The molecule has 2 amide bonds. The molecule has 2 fully saturated rings. The zero-order chi connectivity index (χ0) is 41.5. The fourth-order valence-corrected chi connectivity index (χ4v) is 7.12. The zero-order valence-electron chi connectivity index (χ0n) is 34.6. The Morgan fingerprint density at radius 2 is 1.53 bits per heavy atom. The number of aromatic nitrogens is 4. The van der Waals surface area contributed by atoms with E-state index < -0.39 is 41.1 Å². The number of hydrogen-bond donors (Lipinski definition) is 3. The molecule has 3 N–H and O–H groups in total. The van der Waals surface area contributed by atoms with Crippen LogP contribution < -0.4 is 15.5 Å². The van der Waals surface area contributed by atoms with Gasteiger partial charge in [0.25, 0.3) is 0 Å². The number of hydrogen-bond acceptors (Lipinski definition) is 13. The molecule has 0 radical (unpaired) electrons. The molecule has 1 saturated carbocycles. The van der Waals surface area contributed by atoms with Crippen molar-refractivity contribution in [3.63, 3.8) is 0 Å². The van der Waals surface area contributed by atoms with E-state index in [2.05, 4.69) is 25.7 Å². The lowest BCUT2D eigenvalue weighted by molar-refractivity contribution is -0.190. The molecule has 1 aliphatic carbocycles. The molecule has 5 unspecified atom stereocenters. The van der Waals surface area contributed by atoms with Crippen LogP contribution in [0.25, 0.3) is 0 Å². The zero-order valence-corrected chi connectivity index (χ0v) is 35.5. The molecule has 2 aliphatic rings. The number of nitrogens with zero attached hydrogens (tertiary/aromatic N) is 5. The van der Waals surface area contributed by atoms with E-state index in [0.717, 1.165) is 29.0 Å².